The number of rotatable bonds is 39. The molecule has 2 atom stereocenters. The molecule has 0 aromatic rings. The summed E-state index contributed by atoms with van der Waals surface area (Å²) in [5.74, 6) is -0.337. The van der Waals surface area contributed by atoms with E-state index in [1.54, 1.807) is 0 Å². The lowest BCUT2D eigenvalue weighted by Gasteiger charge is -2.28. The minimum atomic E-state index is -4.52. The first-order valence-electron chi connectivity index (χ1n) is 21.1. The molecule has 0 bridgehead atoms. The smallest absolute Gasteiger partial charge is 0.306 e. The van der Waals surface area contributed by atoms with Crippen molar-refractivity contribution in [2.45, 2.75) is 187 Å². The second-order valence-corrected chi connectivity index (χ2v) is 16.8. The summed E-state index contributed by atoms with van der Waals surface area (Å²) in [6.45, 7) is 5.38. The number of ether oxygens (including phenoxy) is 2. The Morgan fingerprint density at radius 2 is 1.08 bits per heavy atom. The SMILES string of the molecule is CCCCC/C=C\C/C=C\CCCCCCCCCCOCC(COP(=O)([O-])OCC[N+](C)(C)C)OC(=O)CCCCCCCCCCCCC. The van der Waals surface area contributed by atoms with Crippen molar-refractivity contribution >= 4 is 13.8 Å². The van der Waals surface area contributed by atoms with Crippen molar-refractivity contribution in [2.75, 3.05) is 54.1 Å². The standard InChI is InChI=1S/C42H82NO7P/c1-6-8-10-12-14-16-18-19-20-21-22-23-24-26-28-30-32-34-37-47-39-41(40-49-51(45,46)48-38-36-43(3,4)5)50-42(44)35-33-31-29-27-25-17-15-13-11-9-7-2/h14,16,19-20,41H,6-13,15,17-18,21-40H2,1-5H3/b16-14-,20-19-. The van der Waals surface area contributed by atoms with E-state index in [4.69, 9.17) is 18.5 Å². The normalized spacial score (nSPS) is 14.1. The highest BCUT2D eigenvalue weighted by Gasteiger charge is 2.20. The Labute approximate surface area is 315 Å². The minimum Gasteiger partial charge on any atom is -0.756 e. The van der Waals surface area contributed by atoms with E-state index in [1.807, 2.05) is 21.1 Å². The summed E-state index contributed by atoms with van der Waals surface area (Å²) in [5, 5.41) is 0. The quantitative estimate of drug-likeness (QED) is 0.0203. The summed E-state index contributed by atoms with van der Waals surface area (Å²) >= 11 is 0. The van der Waals surface area contributed by atoms with Crippen LogP contribution in [0.3, 0.4) is 0 Å². The van der Waals surface area contributed by atoms with Crippen LogP contribution in [0.15, 0.2) is 24.3 Å². The average molecular weight is 744 g/mol. The molecule has 2 unspecified atom stereocenters. The molecule has 51 heavy (non-hydrogen) atoms. The second-order valence-electron chi connectivity index (χ2n) is 15.4. The van der Waals surface area contributed by atoms with Crippen LogP contribution < -0.4 is 4.89 Å². The third kappa shape index (κ3) is 40.0. The third-order valence-corrected chi connectivity index (χ3v) is 9.97. The average Bonchev–Trinajstić information content (AvgIpc) is 3.08. The minimum absolute atomic E-state index is 0.0266. The lowest BCUT2D eigenvalue weighted by Crippen LogP contribution is -2.37. The lowest BCUT2D eigenvalue weighted by molar-refractivity contribution is -0.870. The van der Waals surface area contributed by atoms with E-state index in [1.165, 1.54) is 122 Å². The Kier molecular flexibility index (Phi) is 35.3. The van der Waals surface area contributed by atoms with Crippen molar-refractivity contribution in [3.8, 4) is 0 Å². The van der Waals surface area contributed by atoms with Gasteiger partial charge in [0.15, 0.2) is 0 Å². The summed E-state index contributed by atoms with van der Waals surface area (Å²) in [6, 6.07) is 0. The van der Waals surface area contributed by atoms with Gasteiger partial charge in [0, 0.05) is 13.0 Å². The molecule has 0 rings (SSSR count). The number of quaternary nitrogens is 1. The largest absolute Gasteiger partial charge is 0.756 e. The molecule has 0 aromatic heterocycles. The first kappa shape index (κ1) is 50.0. The monoisotopic (exact) mass is 744 g/mol. The zero-order valence-electron chi connectivity index (χ0n) is 34.1. The van der Waals surface area contributed by atoms with Gasteiger partial charge >= 0.3 is 5.97 Å². The molecule has 0 saturated carbocycles. The molecule has 0 heterocycles. The molecule has 0 spiro atoms. The van der Waals surface area contributed by atoms with Crippen LogP contribution in [0, 0.1) is 0 Å². The Morgan fingerprint density at radius 1 is 0.608 bits per heavy atom. The van der Waals surface area contributed by atoms with Crippen LogP contribution in [0.2, 0.25) is 0 Å². The van der Waals surface area contributed by atoms with E-state index in [9.17, 15) is 14.3 Å². The van der Waals surface area contributed by atoms with Crippen LogP contribution in [-0.2, 0) is 27.9 Å². The maximum Gasteiger partial charge on any atom is 0.306 e. The highest BCUT2D eigenvalue weighted by Crippen LogP contribution is 2.38. The summed E-state index contributed by atoms with van der Waals surface area (Å²) in [4.78, 5) is 24.9. The number of carbonyl (C=O) groups excluding carboxylic acids is 1. The molecule has 0 aromatic carbocycles. The second kappa shape index (κ2) is 36.0. The molecular formula is C42H82NO7P. The lowest BCUT2D eigenvalue weighted by atomic mass is 10.1. The molecule has 0 aliphatic carbocycles. The van der Waals surface area contributed by atoms with Gasteiger partial charge in [-0.25, -0.2) is 0 Å². The number of nitrogens with zero attached hydrogens (tertiary/aromatic N) is 1. The van der Waals surface area contributed by atoms with E-state index in [0.29, 0.717) is 24.1 Å². The van der Waals surface area contributed by atoms with E-state index >= 15 is 0 Å². The number of likely N-dealkylation sites (N-methyl/N-ethyl adjacent to an activating group) is 1. The van der Waals surface area contributed by atoms with Gasteiger partial charge in [-0.15, -0.1) is 0 Å². The summed E-state index contributed by atoms with van der Waals surface area (Å²) in [5.41, 5.74) is 0. The maximum atomic E-state index is 12.6. The molecule has 8 nitrogen and oxygen atoms in total. The van der Waals surface area contributed by atoms with Crippen molar-refractivity contribution in [1.29, 1.82) is 0 Å². The van der Waals surface area contributed by atoms with E-state index < -0.39 is 13.9 Å². The fraction of sp³-hybridized carbons (Fsp3) is 0.881. The maximum absolute atomic E-state index is 12.6. The molecular weight excluding hydrogens is 661 g/mol. The van der Waals surface area contributed by atoms with Crippen LogP contribution in [0.5, 0.6) is 0 Å². The molecule has 0 saturated heterocycles. The van der Waals surface area contributed by atoms with Crippen molar-refractivity contribution < 1.29 is 37.3 Å². The Balaban J connectivity index is 4.21. The van der Waals surface area contributed by atoms with Gasteiger partial charge in [0.2, 0.25) is 0 Å². The topological polar surface area (TPSA) is 94.1 Å². The molecule has 9 heteroatoms. The number of phosphoric acid groups is 1. The van der Waals surface area contributed by atoms with E-state index in [0.717, 1.165) is 38.5 Å². The molecule has 0 aliphatic rings. The molecule has 0 N–H and O–H groups in total. The third-order valence-electron chi connectivity index (χ3n) is 9.01. The number of allylic oxidation sites excluding steroid dienone is 4. The number of esters is 1. The van der Waals surface area contributed by atoms with E-state index in [2.05, 4.69) is 38.2 Å². The summed E-state index contributed by atoms with van der Waals surface area (Å²) in [6.07, 6.45) is 39.0. The molecule has 0 fully saturated rings. The number of hydrogen-bond acceptors (Lipinski definition) is 7. The van der Waals surface area contributed by atoms with E-state index in [-0.39, 0.29) is 25.8 Å². The van der Waals surface area contributed by atoms with Crippen LogP contribution in [-0.4, -0.2) is 70.7 Å². The van der Waals surface area contributed by atoms with Crippen LogP contribution in [0.25, 0.3) is 0 Å². The first-order valence-corrected chi connectivity index (χ1v) is 22.5. The summed E-state index contributed by atoms with van der Waals surface area (Å²) < 4.78 is 34.5. The van der Waals surface area contributed by atoms with Crippen molar-refractivity contribution in [2.24, 2.45) is 0 Å². The first-order chi connectivity index (χ1) is 24.6. The van der Waals surface area contributed by atoms with Gasteiger partial charge in [-0.1, -0.05) is 154 Å². The van der Waals surface area contributed by atoms with Gasteiger partial charge < -0.3 is 27.9 Å². The zero-order valence-corrected chi connectivity index (χ0v) is 35.0. The number of unbranched alkanes of at least 4 members (excludes halogenated alkanes) is 21. The number of carbonyl (C=O) groups is 1. The zero-order chi connectivity index (χ0) is 37.7. The van der Waals surface area contributed by atoms with Gasteiger partial charge in [-0.05, 0) is 44.9 Å². The fourth-order valence-corrected chi connectivity index (χ4v) is 6.42. The Morgan fingerprint density at radius 3 is 1.63 bits per heavy atom. The van der Waals surface area contributed by atoms with Gasteiger partial charge in [0.05, 0.1) is 34.4 Å². The van der Waals surface area contributed by atoms with Crippen LogP contribution in [0.1, 0.15) is 181 Å². The van der Waals surface area contributed by atoms with Gasteiger partial charge in [0.1, 0.15) is 19.3 Å². The Hall–Kier alpha value is -1.02. The Bertz CT molecular complexity index is 874. The summed E-state index contributed by atoms with van der Waals surface area (Å²) in [7, 11) is 1.36. The fourth-order valence-electron chi connectivity index (χ4n) is 5.69. The van der Waals surface area contributed by atoms with Crippen LogP contribution in [0.4, 0.5) is 0 Å². The van der Waals surface area contributed by atoms with Gasteiger partial charge in [-0.2, -0.15) is 0 Å². The molecule has 0 radical (unpaired) electrons. The van der Waals surface area contributed by atoms with Gasteiger partial charge in [0.25, 0.3) is 7.82 Å². The molecule has 0 amide bonds. The molecule has 302 valence electrons. The highest BCUT2D eigenvalue weighted by molar-refractivity contribution is 7.45. The number of phosphoric ester groups is 1. The number of hydrogen-bond donors (Lipinski definition) is 0. The van der Waals surface area contributed by atoms with Gasteiger partial charge in [-0.3, -0.25) is 9.36 Å². The van der Waals surface area contributed by atoms with Crippen molar-refractivity contribution in [3.63, 3.8) is 0 Å². The van der Waals surface area contributed by atoms with Crippen molar-refractivity contribution in [1.82, 2.24) is 0 Å². The van der Waals surface area contributed by atoms with Crippen LogP contribution >= 0.6 is 7.82 Å². The molecule has 0 aliphatic heterocycles. The predicted molar refractivity (Wildman–Crippen MR) is 213 cm³/mol. The highest BCUT2D eigenvalue weighted by atomic mass is 31.2. The predicted octanol–water partition coefficient (Wildman–Crippen LogP) is 11.4. The van der Waals surface area contributed by atoms with Crippen molar-refractivity contribution in [3.05, 3.63) is 24.3 Å².